The van der Waals surface area contributed by atoms with E-state index in [-0.39, 0.29) is 0 Å². The Hall–Kier alpha value is -0.900. The van der Waals surface area contributed by atoms with Gasteiger partial charge in [-0.2, -0.15) is 4.98 Å². The molecule has 16 heavy (non-hydrogen) atoms. The molecule has 1 heterocycles. The Balaban J connectivity index is 1.52. The van der Waals surface area contributed by atoms with Gasteiger partial charge in [0.15, 0.2) is 5.82 Å². The lowest BCUT2D eigenvalue weighted by atomic mass is 10.1. The van der Waals surface area contributed by atoms with Crippen molar-refractivity contribution >= 4 is 0 Å². The fourth-order valence-corrected chi connectivity index (χ4v) is 2.09. The van der Waals surface area contributed by atoms with E-state index < -0.39 is 0 Å². The van der Waals surface area contributed by atoms with Crippen molar-refractivity contribution in [3.63, 3.8) is 0 Å². The number of nitrogens with zero attached hydrogens (tertiary/aromatic N) is 2. The second-order valence-corrected chi connectivity index (χ2v) is 5.87. The summed E-state index contributed by atoms with van der Waals surface area (Å²) in [5, 5.41) is 7.42. The molecule has 2 fully saturated rings. The predicted octanol–water partition coefficient (Wildman–Crippen LogP) is 2.08. The third-order valence-electron chi connectivity index (χ3n) is 3.72. The van der Waals surface area contributed by atoms with Crippen LogP contribution in [0.1, 0.15) is 50.7 Å². The molecule has 2 aliphatic carbocycles. The van der Waals surface area contributed by atoms with Crippen molar-refractivity contribution in [3.8, 4) is 0 Å². The molecule has 0 amide bonds. The second-order valence-electron chi connectivity index (χ2n) is 5.87. The van der Waals surface area contributed by atoms with E-state index in [0.717, 1.165) is 30.7 Å². The summed E-state index contributed by atoms with van der Waals surface area (Å²) in [4.78, 5) is 4.44. The predicted molar refractivity (Wildman–Crippen MR) is 59.9 cm³/mol. The Labute approximate surface area is 95.8 Å². The van der Waals surface area contributed by atoms with E-state index in [1.807, 2.05) is 0 Å². The number of rotatable bonds is 5. The van der Waals surface area contributed by atoms with Crippen molar-refractivity contribution in [1.29, 1.82) is 0 Å². The summed E-state index contributed by atoms with van der Waals surface area (Å²) in [5.74, 6) is 3.03. The van der Waals surface area contributed by atoms with Crippen LogP contribution in [0.15, 0.2) is 4.52 Å². The Kier molecular flexibility index (Phi) is 2.28. The molecule has 1 aromatic rings. The molecule has 4 heteroatoms. The summed E-state index contributed by atoms with van der Waals surface area (Å²) >= 11 is 0. The molecule has 2 aliphatic rings. The Morgan fingerprint density at radius 1 is 1.44 bits per heavy atom. The second kappa shape index (κ2) is 3.55. The van der Waals surface area contributed by atoms with Gasteiger partial charge in [0, 0.05) is 5.92 Å². The van der Waals surface area contributed by atoms with Crippen molar-refractivity contribution in [1.82, 2.24) is 15.5 Å². The van der Waals surface area contributed by atoms with Crippen LogP contribution in [0.5, 0.6) is 0 Å². The van der Waals surface area contributed by atoms with Crippen molar-refractivity contribution in [2.24, 2.45) is 11.3 Å². The van der Waals surface area contributed by atoms with Gasteiger partial charge in [0.1, 0.15) is 0 Å². The first-order valence-electron chi connectivity index (χ1n) is 6.18. The Morgan fingerprint density at radius 3 is 2.81 bits per heavy atom. The molecule has 1 aromatic heterocycles. The van der Waals surface area contributed by atoms with Crippen molar-refractivity contribution in [3.05, 3.63) is 11.7 Å². The largest absolute Gasteiger partial charge is 0.338 e. The van der Waals surface area contributed by atoms with Crippen LogP contribution in [0.3, 0.4) is 0 Å². The molecule has 0 radical (unpaired) electrons. The zero-order valence-corrected chi connectivity index (χ0v) is 9.99. The highest BCUT2D eigenvalue weighted by molar-refractivity contribution is 5.14. The zero-order chi connectivity index (χ0) is 11.2. The van der Waals surface area contributed by atoms with Crippen LogP contribution in [0.2, 0.25) is 0 Å². The normalized spacial score (nSPS) is 27.0. The minimum Gasteiger partial charge on any atom is -0.338 e. The van der Waals surface area contributed by atoms with E-state index >= 15 is 0 Å². The molecule has 2 saturated carbocycles. The number of hydrogen-bond acceptors (Lipinski definition) is 4. The minimum atomic E-state index is 0.378. The molecule has 1 N–H and O–H groups in total. The molecule has 0 bridgehead atoms. The van der Waals surface area contributed by atoms with Gasteiger partial charge in [-0.25, -0.2) is 0 Å². The van der Waals surface area contributed by atoms with E-state index in [1.165, 1.54) is 19.3 Å². The number of aromatic nitrogens is 2. The monoisotopic (exact) mass is 221 g/mol. The first kappa shape index (κ1) is 10.3. The van der Waals surface area contributed by atoms with Gasteiger partial charge in [0.05, 0.1) is 6.54 Å². The Bertz CT molecular complexity index is 381. The highest BCUT2D eigenvalue weighted by Gasteiger charge is 2.49. The molecule has 0 aromatic carbocycles. The van der Waals surface area contributed by atoms with Crippen LogP contribution in [0, 0.1) is 11.3 Å². The summed E-state index contributed by atoms with van der Waals surface area (Å²) in [7, 11) is 0. The molecule has 1 unspecified atom stereocenters. The maximum absolute atomic E-state index is 5.24. The van der Waals surface area contributed by atoms with Gasteiger partial charge >= 0.3 is 0 Å². The Morgan fingerprint density at radius 2 is 2.19 bits per heavy atom. The lowest BCUT2D eigenvalue weighted by Gasteiger charge is -1.97. The third kappa shape index (κ3) is 2.12. The highest BCUT2D eigenvalue weighted by atomic mass is 16.5. The van der Waals surface area contributed by atoms with Crippen molar-refractivity contribution in [2.75, 3.05) is 6.54 Å². The molecular weight excluding hydrogens is 202 g/mol. The van der Waals surface area contributed by atoms with Crippen molar-refractivity contribution < 1.29 is 4.52 Å². The molecular formula is C12H19N3O. The molecule has 3 rings (SSSR count). The van der Waals surface area contributed by atoms with Crippen LogP contribution in [0.4, 0.5) is 0 Å². The first-order valence-corrected chi connectivity index (χ1v) is 6.18. The van der Waals surface area contributed by atoms with Crippen molar-refractivity contribution in [2.45, 2.75) is 45.6 Å². The minimum absolute atomic E-state index is 0.378. The average molecular weight is 221 g/mol. The van der Waals surface area contributed by atoms with E-state index in [1.54, 1.807) is 0 Å². The van der Waals surface area contributed by atoms with Crippen LogP contribution in [-0.4, -0.2) is 16.7 Å². The summed E-state index contributed by atoms with van der Waals surface area (Å²) in [5.41, 5.74) is 0.378. The maximum Gasteiger partial charge on any atom is 0.240 e. The van der Waals surface area contributed by atoms with Crippen LogP contribution >= 0.6 is 0 Å². The smallest absolute Gasteiger partial charge is 0.240 e. The van der Waals surface area contributed by atoms with E-state index in [2.05, 4.69) is 29.3 Å². The standard InChI is InChI=1S/C12H19N3O/c1-12(2)5-9(12)11-14-10(16-15-11)7-13-6-8-3-4-8/h8-9,13H,3-7H2,1-2H3. The SMILES string of the molecule is CC1(C)CC1c1noc(CNCC2CC2)n1. The maximum atomic E-state index is 5.24. The fraction of sp³-hybridized carbons (Fsp3) is 0.833. The summed E-state index contributed by atoms with van der Waals surface area (Å²) in [6.45, 7) is 6.31. The van der Waals surface area contributed by atoms with Gasteiger partial charge in [-0.05, 0) is 37.1 Å². The molecule has 1 atom stereocenters. The number of hydrogen-bond donors (Lipinski definition) is 1. The first-order chi connectivity index (χ1) is 7.65. The number of nitrogens with one attached hydrogen (secondary N) is 1. The van der Waals surface area contributed by atoms with Gasteiger partial charge in [-0.3, -0.25) is 0 Å². The van der Waals surface area contributed by atoms with Crippen LogP contribution in [0.25, 0.3) is 0 Å². The summed E-state index contributed by atoms with van der Waals surface area (Å²) in [6.07, 6.45) is 3.93. The molecule has 0 saturated heterocycles. The van der Waals surface area contributed by atoms with E-state index in [0.29, 0.717) is 11.3 Å². The molecule has 0 spiro atoms. The van der Waals surface area contributed by atoms with Crippen LogP contribution < -0.4 is 5.32 Å². The van der Waals surface area contributed by atoms with Crippen LogP contribution in [-0.2, 0) is 6.54 Å². The van der Waals surface area contributed by atoms with Gasteiger partial charge in [-0.15, -0.1) is 0 Å². The van der Waals surface area contributed by atoms with E-state index in [4.69, 9.17) is 4.52 Å². The molecule has 0 aliphatic heterocycles. The van der Waals surface area contributed by atoms with Gasteiger partial charge < -0.3 is 9.84 Å². The average Bonchev–Trinajstić information content (AvgIpc) is 3.09. The van der Waals surface area contributed by atoms with E-state index in [9.17, 15) is 0 Å². The lowest BCUT2D eigenvalue weighted by Crippen LogP contribution is -2.16. The molecule has 4 nitrogen and oxygen atoms in total. The summed E-state index contributed by atoms with van der Waals surface area (Å²) in [6, 6.07) is 0. The molecule has 88 valence electrons. The van der Waals surface area contributed by atoms with Gasteiger partial charge in [-0.1, -0.05) is 19.0 Å². The highest BCUT2D eigenvalue weighted by Crippen LogP contribution is 2.57. The van der Waals surface area contributed by atoms with Gasteiger partial charge in [0.2, 0.25) is 5.89 Å². The topological polar surface area (TPSA) is 51.0 Å². The lowest BCUT2D eigenvalue weighted by molar-refractivity contribution is 0.360. The van der Waals surface area contributed by atoms with Gasteiger partial charge in [0.25, 0.3) is 0 Å². The quantitative estimate of drug-likeness (QED) is 0.827. The summed E-state index contributed by atoms with van der Waals surface area (Å²) < 4.78 is 5.24. The third-order valence-corrected chi connectivity index (χ3v) is 3.72. The fourth-order valence-electron chi connectivity index (χ4n) is 2.09. The zero-order valence-electron chi connectivity index (χ0n) is 9.99.